The van der Waals surface area contributed by atoms with E-state index in [0.29, 0.717) is 0 Å². The highest BCUT2D eigenvalue weighted by atomic mass is 19.4. The zero-order valence-corrected chi connectivity index (χ0v) is 20.3. The number of carbonyl (C=O) groups is 1. The van der Waals surface area contributed by atoms with Gasteiger partial charge in [0, 0.05) is 0 Å². The first-order valence-electron chi connectivity index (χ1n) is 10.1. The van der Waals surface area contributed by atoms with Crippen molar-refractivity contribution in [2.45, 2.75) is 84.7 Å². The van der Waals surface area contributed by atoms with Crippen molar-refractivity contribution in [1.82, 2.24) is 0 Å². The first-order valence-corrected chi connectivity index (χ1v) is 10.1. The van der Waals surface area contributed by atoms with Gasteiger partial charge >= 0.3 is 77.5 Å². The van der Waals surface area contributed by atoms with Crippen LogP contribution in [0.15, 0.2) is 12.2 Å². The molecular weight excluding hydrogens is 723 g/mol. The van der Waals surface area contributed by atoms with Gasteiger partial charge in [0.1, 0.15) is 5.57 Å². The van der Waals surface area contributed by atoms with Crippen LogP contribution < -0.4 is 0 Å². The predicted molar refractivity (Wildman–Crippen MR) is 91.1 cm³/mol. The summed E-state index contributed by atoms with van der Waals surface area (Å²) in [5.74, 6) is -91.9. The Labute approximate surface area is 230 Å². The van der Waals surface area contributed by atoms with Gasteiger partial charge < -0.3 is 4.74 Å². The second-order valence-electron chi connectivity index (χ2n) is 8.52. The monoisotopic (exact) mass is 732 g/mol. The van der Waals surface area contributed by atoms with E-state index < -0.39 is 103 Å². The molecular formula is C18H9F25O2. The third-order valence-electron chi connectivity index (χ3n) is 5.45. The van der Waals surface area contributed by atoms with Crippen molar-refractivity contribution in [3.8, 4) is 0 Å². The van der Waals surface area contributed by atoms with Gasteiger partial charge in [0.15, 0.2) is 12.8 Å². The molecule has 268 valence electrons. The Bertz CT molecular complexity index is 1100. The summed E-state index contributed by atoms with van der Waals surface area (Å²) in [7, 11) is 0. The summed E-state index contributed by atoms with van der Waals surface area (Å²) in [5, 5.41) is 0. The number of ether oxygens (including phenoxy) is 1. The van der Waals surface area contributed by atoms with Gasteiger partial charge in [-0.15, -0.1) is 0 Å². The number of rotatable bonds is 15. The topological polar surface area (TPSA) is 26.3 Å². The summed E-state index contributed by atoms with van der Waals surface area (Å²) in [4.78, 5) is 11.3. The van der Waals surface area contributed by atoms with E-state index in [1.54, 1.807) is 0 Å². The molecule has 27 heteroatoms. The van der Waals surface area contributed by atoms with Gasteiger partial charge in [-0.1, -0.05) is 6.58 Å². The molecule has 0 spiro atoms. The van der Waals surface area contributed by atoms with Crippen LogP contribution in [0.1, 0.15) is 6.92 Å². The van der Waals surface area contributed by atoms with E-state index >= 15 is 0 Å². The zero-order valence-electron chi connectivity index (χ0n) is 20.3. The number of hydrogen-bond donors (Lipinski definition) is 0. The Morgan fingerprint density at radius 1 is 0.533 bits per heavy atom. The molecule has 0 aliphatic rings. The lowest BCUT2D eigenvalue weighted by Gasteiger charge is -2.42. The van der Waals surface area contributed by atoms with E-state index in [1.165, 1.54) is 6.58 Å². The fourth-order valence-corrected chi connectivity index (χ4v) is 2.48. The molecule has 45 heavy (non-hydrogen) atoms. The first-order chi connectivity index (χ1) is 19.2. The van der Waals surface area contributed by atoms with E-state index in [0.717, 1.165) is 0 Å². The molecule has 0 radical (unpaired) electrons. The molecule has 0 heterocycles. The number of halogens is 25. The van der Waals surface area contributed by atoms with Crippen LogP contribution >= 0.6 is 0 Å². The predicted octanol–water partition coefficient (Wildman–Crippen LogP) is 8.70. The minimum atomic E-state index is -8.93. The van der Waals surface area contributed by atoms with Crippen LogP contribution in [0.5, 0.6) is 0 Å². The van der Waals surface area contributed by atoms with Crippen LogP contribution in [-0.4, -0.2) is 90.3 Å². The second kappa shape index (κ2) is 11.3. The Morgan fingerprint density at radius 2 is 0.844 bits per heavy atom. The summed E-state index contributed by atoms with van der Waals surface area (Å²) in [5.41, 5.74) is -3.74. The van der Waals surface area contributed by atoms with E-state index in [2.05, 4.69) is 4.74 Å². The average Bonchev–Trinajstić information content (AvgIpc) is 2.85. The summed E-state index contributed by atoms with van der Waals surface area (Å²) in [6.07, 6.45) is -10.5. The number of carbonyl (C=O) groups excluding carboxylic acids is 1. The van der Waals surface area contributed by atoms with E-state index in [4.69, 9.17) is 0 Å². The molecule has 0 aliphatic carbocycles. The maximum atomic E-state index is 13.8. The molecule has 1 atom stereocenters. The normalized spacial score (nSPS) is 16.6. The lowest BCUT2D eigenvalue weighted by Crippen LogP contribution is -2.74. The van der Waals surface area contributed by atoms with Gasteiger partial charge in [0.25, 0.3) is 0 Å². The Balaban J connectivity index is 6.52. The molecule has 0 aromatic rings. The molecule has 0 saturated carbocycles. The molecule has 0 aromatic heterocycles. The SMILES string of the molecule is C=C(C(=O)OCC(F)(F)C(F)(F)C(F)(F)C(F)(F)C(F)(F)C(F)(F)C(F)(F)C(F)F)C(F)(F)C(F)(F)C(F)(F)C(F)(F)C(C)F. The van der Waals surface area contributed by atoms with Crippen molar-refractivity contribution in [1.29, 1.82) is 0 Å². The van der Waals surface area contributed by atoms with Crippen molar-refractivity contribution < 1.29 is 119 Å². The molecule has 0 aliphatic heterocycles. The van der Waals surface area contributed by atoms with Gasteiger partial charge in [-0.05, 0) is 6.92 Å². The third kappa shape index (κ3) is 5.70. The quantitative estimate of drug-likeness (QED) is 0.0958. The Morgan fingerprint density at radius 3 is 1.18 bits per heavy atom. The van der Waals surface area contributed by atoms with Crippen LogP contribution in [0, 0.1) is 0 Å². The molecule has 0 saturated heterocycles. The van der Waals surface area contributed by atoms with Gasteiger partial charge in [-0.25, -0.2) is 18.0 Å². The highest BCUT2D eigenvalue weighted by molar-refractivity contribution is 5.90. The van der Waals surface area contributed by atoms with Crippen molar-refractivity contribution >= 4 is 5.97 Å². The number of alkyl halides is 25. The van der Waals surface area contributed by atoms with Crippen LogP contribution in [0.4, 0.5) is 110 Å². The van der Waals surface area contributed by atoms with Crippen LogP contribution in [0.2, 0.25) is 0 Å². The molecule has 0 aromatic carbocycles. The third-order valence-corrected chi connectivity index (χ3v) is 5.45. The van der Waals surface area contributed by atoms with Crippen LogP contribution in [0.3, 0.4) is 0 Å². The summed E-state index contributed by atoms with van der Waals surface area (Å²) >= 11 is 0. The molecule has 2 nitrogen and oxygen atoms in total. The number of esters is 1. The van der Waals surface area contributed by atoms with E-state index in [1.807, 2.05) is 0 Å². The molecule has 0 rings (SSSR count). The maximum absolute atomic E-state index is 13.8. The van der Waals surface area contributed by atoms with Crippen molar-refractivity contribution in [3.05, 3.63) is 12.2 Å². The highest BCUT2D eigenvalue weighted by Crippen LogP contribution is 2.63. The molecule has 0 N–H and O–H groups in total. The lowest BCUT2D eigenvalue weighted by atomic mass is 9.89. The molecule has 0 amide bonds. The van der Waals surface area contributed by atoms with Gasteiger partial charge in [0.2, 0.25) is 0 Å². The van der Waals surface area contributed by atoms with Crippen LogP contribution in [0.25, 0.3) is 0 Å². The van der Waals surface area contributed by atoms with Gasteiger partial charge in [-0.3, -0.25) is 0 Å². The van der Waals surface area contributed by atoms with Gasteiger partial charge in [0.05, 0.1) is 0 Å². The first kappa shape index (κ1) is 42.5. The molecule has 0 bridgehead atoms. The second-order valence-corrected chi connectivity index (χ2v) is 8.52. The zero-order chi connectivity index (χ0) is 37.2. The lowest BCUT2D eigenvalue weighted by molar-refractivity contribution is -0.447. The fourth-order valence-electron chi connectivity index (χ4n) is 2.48. The van der Waals surface area contributed by atoms with E-state index in [9.17, 15) is 115 Å². The Hall–Kier alpha value is -2.54. The van der Waals surface area contributed by atoms with Crippen molar-refractivity contribution in [2.24, 2.45) is 0 Å². The summed E-state index contributed by atoms with van der Waals surface area (Å²) < 4.78 is 335. The van der Waals surface area contributed by atoms with E-state index in [-0.39, 0.29) is 0 Å². The smallest absolute Gasteiger partial charge is 0.385 e. The molecule has 0 fully saturated rings. The maximum Gasteiger partial charge on any atom is 0.385 e. The van der Waals surface area contributed by atoms with Crippen molar-refractivity contribution in [2.75, 3.05) is 6.61 Å². The average molecular weight is 732 g/mol. The minimum Gasteiger partial charge on any atom is -0.456 e. The van der Waals surface area contributed by atoms with Gasteiger partial charge in [-0.2, -0.15) is 96.6 Å². The fraction of sp³-hybridized carbons (Fsp3) is 0.833. The highest BCUT2D eigenvalue weighted by Gasteiger charge is 2.93. The van der Waals surface area contributed by atoms with Crippen LogP contribution in [-0.2, 0) is 9.53 Å². The minimum absolute atomic E-state index is 0.603. The number of hydrogen-bond acceptors (Lipinski definition) is 2. The summed E-state index contributed by atoms with van der Waals surface area (Å²) in [6, 6.07) is 0. The van der Waals surface area contributed by atoms with Crippen molar-refractivity contribution in [3.63, 3.8) is 0 Å². The summed E-state index contributed by atoms with van der Waals surface area (Å²) in [6.45, 7) is -3.34. The largest absolute Gasteiger partial charge is 0.456 e. The standard InChI is InChI=1S/C18H9F25O2/c1-4(9(24,25)13(32,33)14(34,35)10(26,27)5(2)19)6(44)45-3-8(22,23)12(30,31)16(38,39)18(42,43)17(40,41)15(36,37)11(28,29)7(20)21/h5,7H,1,3H2,2H3. The molecule has 1 unspecified atom stereocenters. The Kier molecular flexibility index (Phi) is 10.7.